The zero-order valence-electron chi connectivity index (χ0n) is 16.1. The van der Waals surface area contributed by atoms with Crippen LogP contribution in [0.5, 0.6) is 0 Å². The maximum absolute atomic E-state index is 12.7. The summed E-state index contributed by atoms with van der Waals surface area (Å²) in [6.45, 7) is 6.54. The quantitative estimate of drug-likeness (QED) is 0.727. The Hall–Kier alpha value is -2.38. The Morgan fingerprint density at radius 2 is 1.93 bits per heavy atom. The molecule has 1 aromatic heterocycles. The van der Waals surface area contributed by atoms with Crippen molar-refractivity contribution in [2.75, 3.05) is 31.1 Å². The summed E-state index contributed by atoms with van der Waals surface area (Å²) in [5.41, 5.74) is 0.888. The van der Waals surface area contributed by atoms with Gasteiger partial charge in [0.05, 0.1) is 18.2 Å². The average molecular weight is 376 g/mol. The second kappa shape index (κ2) is 8.54. The molecule has 1 unspecified atom stereocenters. The number of hydrogen-bond donors (Lipinski definition) is 0. The van der Waals surface area contributed by atoms with Crippen molar-refractivity contribution in [2.45, 2.75) is 52.5 Å². The van der Waals surface area contributed by atoms with Crippen molar-refractivity contribution in [3.63, 3.8) is 0 Å². The molecule has 0 aromatic carbocycles. The van der Waals surface area contributed by atoms with Crippen molar-refractivity contribution in [1.82, 2.24) is 14.7 Å². The first-order chi connectivity index (χ1) is 13.0. The molecule has 1 atom stereocenters. The van der Waals surface area contributed by atoms with E-state index in [0.29, 0.717) is 26.2 Å². The van der Waals surface area contributed by atoms with E-state index in [0.717, 1.165) is 37.3 Å². The van der Waals surface area contributed by atoms with Crippen molar-refractivity contribution >= 4 is 23.6 Å². The van der Waals surface area contributed by atoms with Crippen molar-refractivity contribution in [3.8, 4) is 0 Å². The standard InChI is InChI=1S/C19H28N4O4/c1-3-27-19(26)15-6-4-9-21(13-15)17(24)7-8-18(25)22-10-5-11-23-16(22)12-14(2)20-23/h12,15H,3-11,13H2,1-2H3. The molecule has 2 aliphatic heterocycles. The second-order valence-electron chi connectivity index (χ2n) is 7.20. The van der Waals surface area contributed by atoms with Crippen LogP contribution in [0.25, 0.3) is 0 Å². The maximum Gasteiger partial charge on any atom is 0.310 e. The number of nitrogens with zero attached hydrogens (tertiary/aromatic N) is 4. The van der Waals surface area contributed by atoms with Gasteiger partial charge in [-0.2, -0.15) is 5.10 Å². The molecule has 0 saturated carbocycles. The number of aromatic nitrogens is 2. The minimum Gasteiger partial charge on any atom is -0.466 e. The molecule has 1 saturated heterocycles. The van der Waals surface area contributed by atoms with E-state index >= 15 is 0 Å². The van der Waals surface area contributed by atoms with Gasteiger partial charge >= 0.3 is 5.97 Å². The first kappa shape index (κ1) is 19.4. The average Bonchev–Trinajstić information content (AvgIpc) is 3.06. The highest BCUT2D eigenvalue weighted by Gasteiger charge is 2.30. The van der Waals surface area contributed by atoms with Gasteiger partial charge in [0.15, 0.2) is 0 Å². The molecule has 1 aromatic rings. The number of carbonyl (C=O) groups is 3. The summed E-state index contributed by atoms with van der Waals surface area (Å²) in [5, 5.41) is 4.40. The fourth-order valence-electron chi connectivity index (χ4n) is 3.82. The number of amides is 2. The lowest BCUT2D eigenvalue weighted by Gasteiger charge is -2.32. The lowest BCUT2D eigenvalue weighted by atomic mass is 9.98. The number of fused-ring (bicyclic) bond motifs is 1. The Morgan fingerprint density at radius 1 is 1.15 bits per heavy atom. The largest absolute Gasteiger partial charge is 0.466 e. The molecule has 0 spiro atoms. The molecule has 0 aliphatic carbocycles. The summed E-state index contributed by atoms with van der Waals surface area (Å²) in [6, 6.07) is 1.91. The van der Waals surface area contributed by atoms with Gasteiger partial charge in [-0.25, -0.2) is 4.68 Å². The van der Waals surface area contributed by atoms with E-state index in [-0.39, 0.29) is 36.5 Å². The van der Waals surface area contributed by atoms with Gasteiger partial charge in [0.25, 0.3) is 0 Å². The monoisotopic (exact) mass is 376 g/mol. The van der Waals surface area contributed by atoms with Crippen LogP contribution in [-0.4, -0.2) is 58.7 Å². The molecule has 8 heteroatoms. The molecule has 2 amide bonds. The fourth-order valence-corrected chi connectivity index (χ4v) is 3.82. The number of likely N-dealkylation sites (tertiary alicyclic amines) is 1. The van der Waals surface area contributed by atoms with E-state index in [2.05, 4.69) is 5.10 Å². The zero-order chi connectivity index (χ0) is 19.4. The highest BCUT2D eigenvalue weighted by Crippen LogP contribution is 2.23. The number of aryl methyl sites for hydroxylation is 2. The summed E-state index contributed by atoms with van der Waals surface area (Å²) < 4.78 is 6.93. The van der Waals surface area contributed by atoms with Crippen LogP contribution in [0.15, 0.2) is 6.07 Å². The Morgan fingerprint density at radius 3 is 2.70 bits per heavy atom. The molecule has 3 heterocycles. The molecule has 3 rings (SSSR count). The van der Waals surface area contributed by atoms with Crippen LogP contribution >= 0.6 is 0 Å². The molecular weight excluding hydrogens is 348 g/mol. The fraction of sp³-hybridized carbons (Fsp3) is 0.684. The number of piperidine rings is 1. The first-order valence-corrected chi connectivity index (χ1v) is 9.78. The van der Waals surface area contributed by atoms with Crippen LogP contribution in [0.3, 0.4) is 0 Å². The Labute approximate surface area is 159 Å². The molecule has 1 fully saturated rings. The van der Waals surface area contributed by atoms with Crippen LogP contribution in [0.1, 0.15) is 44.7 Å². The number of carbonyl (C=O) groups excluding carboxylic acids is 3. The number of rotatable bonds is 5. The summed E-state index contributed by atoms with van der Waals surface area (Å²) in [7, 11) is 0. The molecule has 2 aliphatic rings. The van der Waals surface area contributed by atoms with Gasteiger partial charge in [-0.1, -0.05) is 0 Å². The van der Waals surface area contributed by atoms with E-state index in [1.165, 1.54) is 0 Å². The van der Waals surface area contributed by atoms with E-state index in [1.54, 1.807) is 16.7 Å². The van der Waals surface area contributed by atoms with E-state index in [9.17, 15) is 14.4 Å². The van der Waals surface area contributed by atoms with Gasteiger partial charge in [0, 0.05) is 45.1 Å². The molecule has 0 bridgehead atoms. The number of hydrogen-bond acceptors (Lipinski definition) is 5. The van der Waals surface area contributed by atoms with Gasteiger partial charge in [0.2, 0.25) is 11.8 Å². The van der Waals surface area contributed by atoms with E-state index in [4.69, 9.17) is 4.74 Å². The van der Waals surface area contributed by atoms with Gasteiger partial charge in [-0.05, 0) is 33.1 Å². The summed E-state index contributed by atoms with van der Waals surface area (Å²) in [4.78, 5) is 40.6. The van der Waals surface area contributed by atoms with Gasteiger partial charge < -0.3 is 9.64 Å². The van der Waals surface area contributed by atoms with Crippen LogP contribution in [0.2, 0.25) is 0 Å². The molecular formula is C19H28N4O4. The van der Waals surface area contributed by atoms with Crippen LogP contribution < -0.4 is 4.90 Å². The minimum absolute atomic E-state index is 0.0526. The Bertz CT molecular complexity index is 715. The normalized spacial score (nSPS) is 19.6. The summed E-state index contributed by atoms with van der Waals surface area (Å²) in [5.74, 6) is 0.208. The van der Waals surface area contributed by atoms with E-state index in [1.807, 2.05) is 17.7 Å². The summed E-state index contributed by atoms with van der Waals surface area (Å²) in [6.07, 6.45) is 2.73. The molecule has 148 valence electrons. The molecule has 8 nitrogen and oxygen atoms in total. The van der Waals surface area contributed by atoms with Crippen molar-refractivity contribution in [1.29, 1.82) is 0 Å². The predicted molar refractivity (Wildman–Crippen MR) is 99.1 cm³/mol. The minimum atomic E-state index is -0.252. The van der Waals surface area contributed by atoms with E-state index < -0.39 is 0 Å². The topological polar surface area (TPSA) is 84.7 Å². The second-order valence-corrected chi connectivity index (χ2v) is 7.20. The van der Waals surface area contributed by atoms with Crippen LogP contribution in [-0.2, 0) is 25.7 Å². The lowest BCUT2D eigenvalue weighted by molar-refractivity contribution is -0.151. The third-order valence-electron chi connectivity index (χ3n) is 5.16. The number of esters is 1. The number of ether oxygens (including phenoxy) is 1. The Balaban J connectivity index is 1.53. The highest BCUT2D eigenvalue weighted by atomic mass is 16.5. The zero-order valence-corrected chi connectivity index (χ0v) is 16.1. The van der Waals surface area contributed by atoms with Crippen molar-refractivity contribution in [2.24, 2.45) is 5.92 Å². The maximum atomic E-state index is 12.7. The third-order valence-corrected chi connectivity index (χ3v) is 5.16. The highest BCUT2D eigenvalue weighted by molar-refractivity contribution is 5.95. The summed E-state index contributed by atoms with van der Waals surface area (Å²) >= 11 is 0. The van der Waals surface area contributed by atoms with Gasteiger partial charge in [-0.15, -0.1) is 0 Å². The molecule has 0 N–H and O–H groups in total. The van der Waals surface area contributed by atoms with Crippen LogP contribution in [0, 0.1) is 12.8 Å². The van der Waals surface area contributed by atoms with Gasteiger partial charge in [0.1, 0.15) is 5.82 Å². The van der Waals surface area contributed by atoms with Crippen molar-refractivity contribution < 1.29 is 19.1 Å². The lowest BCUT2D eigenvalue weighted by Crippen LogP contribution is -2.43. The van der Waals surface area contributed by atoms with Crippen molar-refractivity contribution in [3.05, 3.63) is 11.8 Å². The third kappa shape index (κ3) is 4.48. The number of anilines is 1. The smallest absolute Gasteiger partial charge is 0.310 e. The molecule has 27 heavy (non-hydrogen) atoms. The van der Waals surface area contributed by atoms with Crippen LogP contribution in [0.4, 0.5) is 5.82 Å². The SMILES string of the molecule is CCOC(=O)C1CCCN(C(=O)CCC(=O)N2CCCn3nc(C)cc32)C1. The predicted octanol–water partition coefficient (Wildman–Crippen LogP) is 1.51. The molecule has 0 radical (unpaired) electrons. The first-order valence-electron chi connectivity index (χ1n) is 9.78. The van der Waals surface area contributed by atoms with Gasteiger partial charge in [-0.3, -0.25) is 19.3 Å². The Kier molecular flexibility index (Phi) is 6.13.